The van der Waals surface area contributed by atoms with Crippen molar-refractivity contribution >= 4 is 33.5 Å². The third-order valence-electron chi connectivity index (χ3n) is 4.21. The molecule has 1 N–H and O–H groups in total. The molecule has 0 saturated carbocycles. The number of aromatic nitrogens is 2. The molecule has 2 aromatic carbocycles. The number of nitrogens with one attached hydrogen (secondary N) is 1. The molecule has 0 aliphatic heterocycles. The van der Waals surface area contributed by atoms with Gasteiger partial charge in [-0.15, -0.1) is 5.10 Å². The summed E-state index contributed by atoms with van der Waals surface area (Å²) in [5, 5.41) is 10.6. The van der Waals surface area contributed by atoms with Gasteiger partial charge < -0.3 is 4.42 Å². The first-order chi connectivity index (χ1) is 13.9. The molecule has 3 aromatic rings. The van der Waals surface area contributed by atoms with Crippen LogP contribution in [0.5, 0.6) is 0 Å². The van der Waals surface area contributed by atoms with Crippen LogP contribution in [-0.4, -0.2) is 41.9 Å². The molecular formula is C19H19ClN4O4S. The Hall–Kier alpha value is -2.75. The van der Waals surface area contributed by atoms with E-state index in [-0.39, 0.29) is 22.4 Å². The van der Waals surface area contributed by atoms with E-state index >= 15 is 0 Å². The molecule has 0 atom stereocenters. The lowest BCUT2D eigenvalue weighted by Crippen LogP contribution is -2.30. The van der Waals surface area contributed by atoms with Crippen molar-refractivity contribution in [3.63, 3.8) is 0 Å². The summed E-state index contributed by atoms with van der Waals surface area (Å²) in [5.41, 5.74) is 0.800. The molecule has 0 bridgehead atoms. The Morgan fingerprint density at radius 2 is 1.72 bits per heavy atom. The number of anilines is 1. The van der Waals surface area contributed by atoms with Crippen molar-refractivity contribution in [3.8, 4) is 11.5 Å². The zero-order chi connectivity index (χ0) is 21.0. The number of sulfonamides is 1. The molecule has 0 unspecified atom stereocenters. The average Bonchev–Trinajstić information content (AvgIpc) is 3.17. The van der Waals surface area contributed by atoms with Crippen LogP contribution in [0.2, 0.25) is 5.02 Å². The largest absolute Gasteiger partial charge is 0.403 e. The number of halogens is 1. The Labute approximate surface area is 173 Å². The maximum Gasteiger partial charge on any atom is 0.322 e. The van der Waals surface area contributed by atoms with Gasteiger partial charge in [-0.1, -0.05) is 42.7 Å². The number of carbonyl (C=O) groups excluding carboxylic acids is 1. The number of carbonyl (C=O) groups is 1. The Kier molecular flexibility index (Phi) is 6.31. The van der Waals surface area contributed by atoms with Gasteiger partial charge in [0.2, 0.25) is 10.0 Å². The highest BCUT2D eigenvalue weighted by atomic mass is 35.5. The van der Waals surface area contributed by atoms with Gasteiger partial charge in [0.05, 0.1) is 15.5 Å². The van der Waals surface area contributed by atoms with Crippen LogP contribution in [0.1, 0.15) is 24.2 Å². The number of amides is 1. The van der Waals surface area contributed by atoms with Crippen LogP contribution in [-0.2, 0) is 10.0 Å². The third kappa shape index (κ3) is 4.47. The predicted molar refractivity (Wildman–Crippen MR) is 109 cm³/mol. The van der Waals surface area contributed by atoms with Crippen molar-refractivity contribution in [3.05, 3.63) is 59.1 Å². The topological polar surface area (TPSA) is 105 Å². The number of nitrogens with zero attached hydrogens (tertiary/aromatic N) is 3. The Morgan fingerprint density at radius 3 is 2.34 bits per heavy atom. The highest BCUT2D eigenvalue weighted by molar-refractivity contribution is 7.89. The predicted octanol–water partition coefficient (Wildman–Crippen LogP) is 3.67. The summed E-state index contributed by atoms with van der Waals surface area (Å²) in [6, 6.07) is 12.5. The molecule has 1 amide bonds. The van der Waals surface area contributed by atoms with Gasteiger partial charge in [0.1, 0.15) is 0 Å². The summed E-state index contributed by atoms with van der Waals surface area (Å²) in [7, 11) is -3.59. The fraction of sp³-hybridized carbons (Fsp3) is 0.211. The molecule has 1 heterocycles. The van der Waals surface area contributed by atoms with Crippen molar-refractivity contribution in [1.29, 1.82) is 0 Å². The molecule has 0 radical (unpaired) electrons. The molecule has 0 aliphatic carbocycles. The van der Waals surface area contributed by atoms with Gasteiger partial charge in [0.25, 0.3) is 11.8 Å². The van der Waals surface area contributed by atoms with E-state index in [1.807, 2.05) is 0 Å². The molecule has 10 heteroatoms. The van der Waals surface area contributed by atoms with Crippen LogP contribution in [0.25, 0.3) is 11.5 Å². The minimum Gasteiger partial charge on any atom is -0.403 e. The van der Waals surface area contributed by atoms with Gasteiger partial charge in [-0.05, 0) is 36.4 Å². The zero-order valence-electron chi connectivity index (χ0n) is 15.8. The van der Waals surface area contributed by atoms with E-state index in [2.05, 4.69) is 15.5 Å². The van der Waals surface area contributed by atoms with Crippen molar-refractivity contribution in [2.45, 2.75) is 18.7 Å². The standard InChI is InChI=1S/C19H19ClN4O4S/c1-3-24(4-2)29(26,27)14-11-9-13(10-12-14)17(25)21-19-23-22-18(28-19)15-7-5-6-8-16(15)20/h5-12H,3-4H2,1-2H3,(H,21,23,25). The highest BCUT2D eigenvalue weighted by Gasteiger charge is 2.22. The fourth-order valence-corrected chi connectivity index (χ4v) is 4.35. The Bertz CT molecular complexity index is 1110. The molecule has 1 aromatic heterocycles. The van der Waals surface area contributed by atoms with Gasteiger partial charge in [-0.25, -0.2) is 8.42 Å². The fourth-order valence-electron chi connectivity index (χ4n) is 2.68. The molecule has 3 rings (SSSR count). The van der Waals surface area contributed by atoms with E-state index < -0.39 is 15.9 Å². The molecular weight excluding hydrogens is 416 g/mol. The minimum absolute atomic E-state index is 0.0928. The van der Waals surface area contributed by atoms with Crippen molar-refractivity contribution in [2.75, 3.05) is 18.4 Å². The average molecular weight is 435 g/mol. The first-order valence-corrected chi connectivity index (χ1v) is 10.7. The molecule has 8 nitrogen and oxygen atoms in total. The maximum atomic E-state index is 12.5. The van der Waals surface area contributed by atoms with E-state index in [1.165, 1.54) is 28.6 Å². The van der Waals surface area contributed by atoms with Crippen LogP contribution in [0.4, 0.5) is 6.01 Å². The van der Waals surface area contributed by atoms with Gasteiger partial charge in [-0.2, -0.15) is 4.31 Å². The number of hydrogen-bond acceptors (Lipinski definition) is 6. The Morgan fingerprint density at radius 1 is 1.07 bits per heavy atom. The summed E-state index contributed by atoms with van der Waals surface area (Å²) < 4.78 is 31.8. The molecule has 152 valence electrons. The molecule has 29 heavy (non-hydrogen) atoms. The summed E-state index contributed by atoms with van der Waals surface area (Å²) in [6.07, 6.45) is 0. The molecule has 0 spiro atoms. The number of hydrogen-bond donors (Lipinski definition) is 1. The second-order valence-electron chi connectivity index (χ2n) is 5.96. The SMILES string of the molecule is CCN(CC)S(=O)(=O)c1ccc(C(=O)Nc2nnc(-c3ccccc3Cl)o2)cc1. The van der Waals surface area contributed by atoms with E-state index in [0.717, 1.165) is 0 Å². The zero-order valence-corrected chi connectivity index (χ0v) is 17.4. The first kappa shape index (κ1) is 21.0. The van der Waals surface area contributed by atoms with Gasteiger partial charge in [-0.3, -0.25) is 10.1 Å². The molecule has 0 aliphatic rings. The van der Waals surface area contributed by atoms with Crippen LogP contribution >= 0.6 is 11.6 Å². The van der Waals surface area contributed by atoms with Gasteiger partial charge >= 0.3 is 6.01 Å². The van der Waals surface area contributed by atoms with E-state index in [4.69, 9.17) is 16.0 Å². The number of rotatable bonds is 7. The quantitative estimate of drug-likeness (QED) is 0.608. The Balaban J connectivity index is 1.75. The van der Waals surface area contributed by atoms with Crippen LogP contribution < -0.4 is 5.32 Å². The lowest BCUT2D eigenvalue weighted by molar-refractivity contribution is 0.102. The normalized spacial score (nSPS) is 11.6. The van der Waals surface area contributed by atoms with Crippen LogP contribution in [0.15, 0.2) is 57.8 Å². The van der Waals surface area contributed by atoms with Gasteiger partial charge in [0, 0.05) is 18.7 Å². The van der Waals surface area contributed by atoms with Crippen LogP contribution in [0.3, 0.4) is 0 Å². The summed E-state index contributed by atoms with van der Waals surface area (Å²) in [6.45, 7) is 4.27. The van der Waals surface area contributed by atoms with E-state index in [0.29, 0.717) is 23.7 Å². The summed E-state index contributed by atoms with van der Waals surface area (Å²) in [4.78, 5) is 12.5. The second-order valence-corrected chi connectivity index (χ2v) is 8.31. The van der Waals surface area contributed by atoms with E-state index in [1.54, 1.807) is 38.1 Å². The minimum atomic E-state index is -3.59. The van der Waals surface area contributed by atoms with Gasteiger partial charge in [0.15, 0.2) is 0 Å². The number of benzene rings is 2. The highest BCUT2D eigenvalue weighted by Crippen LogP contribution is 2.27. The monoisotopic (exact) mass is 434 g/mol. The smallest absolute Gasteiger partial charge is 0.322 e. The third-order valence-corrected chi connectivity index (χ3v) is 6.60. The molecule has 0 fully saturated rings. The van der Waals surface area contributed by atoms with Crippen molar-refractivity contribution in [1.82, 2.24) is 14.5 Å². The van der Waals surface area contributed by atoms with Crippen LogP contribution in [0, 0.1) is 0 Å². The lowest BCUT2D eigenvalue weighted by atomic mass is 10.2. The summed E-state index contributed by atoms with van der Waals surface area (Å²) >= 11 is 6.10. The van der Waals surface area contributed by atoms with E-state index in [9.17, 15) is 13.2 Å². The lowest BCUT2D eigenvalue weighted by Gasteiger charge is -2.18. The summed E-state index contributed by atoms with van der Waals surface area (Å²) in [5.74, 6) is -0.335. The van der Waals surface area contributed by atoms with Crippen molar-refractivity contribution < 1.29 is 17.6 Å². The molecule has 0 saturated heterocycles. The van der Waals surface area contributed by atoms with Crippen molar-refractivity contribution in [2.24, 2.45) is 0 Å². The maximum absolute atomic E-state index is 12.5. The second kappa shape index (κ2) is 8.73. The first-order valence-electron chi connectivity index (χ1n) is 8.86.